The standard InChI is InChI=1S/C16H22IN3O4/c1-3-24-16-13(17)8-12(9-14(16)22-2)10-18-19-15(21)11-20-4-6-23-7-5-20/h8-10H,3-7,11H2,1-2H3,(H,19,21)/b18-10-. The first-order valence-electron chi connectivity index (χ1n) is 7.76. The predicted molar refractivity (Wildman–Crippen MR) is 99.9 cm³/mol. The second kappa shape index (κ2) is 9.80. The molecule has 1 fully saturated rings. The number of hydrazone groups is 1. The van der Waals surface area contributed by atoms with Crippen LogP contribution in [0.2, 0.25) is 0 Å². The van der Waals surface area contributed by atoms with E-state index in [1.807, 2.05) is 24.0 Å². The first-order valence-corrected chi connectivity index (χ1v) is 8.84. The summed E-state index contributed by atoms with van der Waals surface area (Å²) < 4.78 is 17.1. The summed E-state index contributed by atoms with van der Waals surface area (Å²) in [6, 6.07) is 3.75. The van der Waals surface area contributed by atoms with Gasteiger partial charge >= 0.3 is 0 Å². The smallest absolute Gasteiger partial charge is 0.254 e. The van der Waals surface area contributed by atoms with Crippen molar-refractivity contribution in [3.05, 3.63) is 21.3 Å². The maximum absolute atomic E-state index is 11.9. The topological polar surface area (TPSA) is 72.4 Å². The average molecular weight is 447 g/mol. The minimum atomic E-state index is -0.138. The lowest BCUT2D eigenvalue weighted by Gasteiger charge is -2.25. The average Bonchev–Trinajstić information content (AvgIpc) is 2.58. The van der Waals surface area contributed by atoms with Crippen LogP contribution in [0.15, 0.2) is 17.2 Å². The number of amides is 1. The molecule has 8 heteroatoms. The summed E-state index contributed by atoms with van der Waals surface area (Å²) in [5.41, 5.74) is 3.37. The lowest BCUT2D eigenvalue weighted by Crippen LogP contribution is -2.42. The Kier molecular flexibility index (Phi) is 7.73. The van der Waals surface area contributed by atoms with E-state index in [0.29, 0.717) is 37.9 Å². The molecule has 0 spiro atoms. The molecule has 1 saturated heterocycles. The quantitative estimate of drug-likeness (QED) is 0.390. The first-order chi connectivity index (χ1) is 11.6. The molecule has 0 unspecified atom stereocenters. The monoisotopic (exact) mass is 447 g/mol. The van der Waals surface area contributed by atoms with Gasteiger partial charge in [-0.3, -0.25) is 9.69 Å². The van der Waals surface area contributed by atoms with Crippen molar-refractivity contribution >= 4 is 34.7 Å². The van der Waals surface area contributed by atoms with E-state index in [0.717, 1.165) is 22.2 Å². The Morgan fingerprint density at radius 2 is 2.21 bits per heavy atom. The van der Waals surface area contributed by atoms with Gasteiger partial charge in [0, 0.05) is 13.1 Å². The molecule has 1 aliphatic heterocycles. The number of ether oxygens (including phenoxy) is 3. The van der Waals surface area contributed by atoms with Crippen molar-refractivity contribution in [2.24, 2.45) is 5.10 Å². The zero-order valence-corrected chi connectivity index (χ0v) is 16.0. The third-order valence-electron chi connectivity index (χ3n) is 3.41. The minimum absolute atomic E-state index is 0.138. The maximum Gasteiger partial charge on any atom is 0.254 e. The molecule has 1 aromatic rings. The minimum Gasteiger partial charge on any atom is -0.493 e. The van der Waals surface area contributed by atoms with Crippen molar-refractivity contribution in [1.82, 2.24) is 10.3 Å². The number of hydrogen-bond donors (Lipinski definition) is 1. The van der Waals surface area contributed by atoms with Crippen LogP contribution in [0.1, 0.15) is 12.5 Å². The number of rotatable bonds is 7. The molecular weight excluding hydrogens is 425 g/mol. The van der Waals surface area contributed by atoms with E-state index in [2.05, 4.69) is 33.1 Å². The molecule has 132 valence electrons. The van der Waals surface area contributed by atoms with E-state index < -0.39 is 0 Å². The fourth-order valence-corrected chi connectivity index (χ4v) is 3.06. The van der Waals surface area contributed by atoms with Crippen LogP contribution in [0.3, 0.4) is 0 Å². The Morgan fingerprint density at radius 1 is 1.46 bits per heavy atom. The van der Waals surface area contributed by atoms with Crippen LogP contribution < -0.4 is 14.9 Å². The number of halogens is 1. The normalized spacial score (nSPS) is 15.5. The molecule has 1 N–H and O–H groups in total. The van der Waals surface area contributed by atoms with Crippen LogP contribution in [-0.2, 0) is 9.53 Å². The fraction of sp³-hybridized carbons (Fsp3) is 0.500. The molecule has 1 aliphatic rings. The van der Waals surface area contributed by atoms with Crippen LogP contribution in [0.5, 0.6) is 11.5 Å². The van der Waals surface area contributed by atoms with E-state index in [-0.39, 0.29) is 5.91 Å². The van der Waals surface area contributed by atoms with Gasteiger partial charge in [0.1, 0.15) is 0 Å². The van der Waals surface area contributed by atoms with Gasteiger partial charge in [-0.05, 0) is 47.2 Å². The summed E-state index contributed by atoms with van der Waals surface area (Å²) in [5, 5.41) is 4.02. The number of morpholine rings is 1. The Bertz CT molecular complexity index is 589. The van der Waals surface area contributed by atoms with E-state index in [9.17, 15) is 4.79 Å². The predicted octanol–water partition coefficient (Wildman–Crippen LogP) is 1.48. The Hall–Kier alpha value is -1.39. The number of hydrogen-bond acceptors (Lipinski definition) is 6. The number of benzene rings is 1. The van der Waals surface area contributed by atoms with E-state index in [4.69, 9.17) is 14.2 Å². The van der Waals surface area contributed by atoms with Crippen molar-refractivity contribution < 1.29 is 19.0 Å². The molecule has 1 heterocycles. The van der Waals surface area contributed by atoms with Crippen molar-refractivity contribution in [2.45, 2.75) is 6.92 Å². The van der Waals surface area contributed by atoms with Gasteiger partial charge in [0.2, 0.25) is 0 Å². The highest BCUT2D eigenvalue weighted by Gasteiger charge is 2.14. The van der Waals surface area contributed by atoms with Crippen LogP contribution in [-0.4, -0.2) is 63.6 Å². The number of nitrogens with zero attached hydrogens (tertiary/aromatic N) is 2. The van der Waals surface area contributed by atoms with Crippen LogP contribution in [0.4, 0.5) is 0 Å². The van der Waals surface area contributed by atoms with Gasteiger partial charge in [0.15, 0.2) is 11.5 Å². The summed E-state index contributed by atoms with van der Waals surface area (Å²) in [6.07, 6.45) is 1.59. The molecule has 7 nitrogen and oxygen atoms in total. The molecule has 1 aromatic carbocycles. The highest BCUT2D eigenvalue weighted by molar-refractivity contribution is 14.1. The van der Waals surface area contributed by atoms with E-state index >= 15 is 0 Å². The number of carbonyl (C=O) groups is 1. The van der Waals surface area contributed by atoms with Crippen LogP contribution in [0.25, 0.3) is 0 Å². The number of methoxy groups -OCH3 is 1. The maximum atomic E-state index is 11.9. The Labute approximate surface area is 155 Å². The highest BCUT2D eigenvalue weighted by Crippen LogP contribution is 2.33. The summed E-state index contributed by atoms with van der Waals surface area (Å²) in [5.74, 6) is 1.22. The summed E-state index contributed by atoms with van der Waals surface area (Å²) in [6.45, 7) is 5.69. The van der Waals surface area contributed by atoms with Gasteiger partial charge in [-0.25, -0.2) is 5.43 Å². The molecule has 0 bridgehead atoms. The second-order valence-electron chi connectivity index (χ2n) is 5.15. The largest absolute Gasteiger partial charge is 0.493 e. The number of carbonyl (C=O) groups excluding carboxylic acids is 1. The molecule has 24 heavy (non-hydrogen) atoms. The molecule has 1 amide bonds. The van der Waals surface area contributed by atoms with Gasteiger partial charge in [-0.2, -0.15) is 5.10 Å². The van der Waals surface area contributed by atoms with Gasteiger partial charge < -0.3 is 14.2 Å². The lowest BCUT2D eigenvalue weighted by molar-refractivity contribution is -0.123. The van der Waals surface area contributed by atoms with Crippen molar-refractivity contribution in [2.75, 3.05) is 46.6 Å². The Morgan fingerprint density at radius 3 is 2.88 bits per heavy atom. The Balaban J connectivity index is 1.93. The van der Waals surface area contributed by atoms with Crippen LogP contribution in [0, 0.1) is 3.57 Å². The first kappa shape index (κ1) is 18.9. The summed E-state index contributed by atoms with van der Waals surface area (Å²) in [4.78, 5) is 13.9. The molecule has 0 aromatic heterocycles. The van der Waals surface area contributed by atoms with Crippen molar-refractivity contribution in [3.63, 3.8) is 0 Å². The van der Waals surface area contributed by atoms with Crippen molar-refractivity contribution in [1.29, 1.82) is 0 Å². The molecule has 0 aliphatic carbocycles. The second-order valence-corrected chi connectivity index (χ2v) is 6.31. The molecule has 0 saturated carbocycles. The van der Waals surface area contributed by atoms with E-state index in [1.54, 1.807) is 13.3 Å². The lowest BCUT2D eigenvalue weighted by atomic mass is 10.2. The molecule has 0 atom stereocenters. The SMILES string of the molecule is CCOc1c(I)cc(/C=N\NC(=O)CN2CCOCC2)cc1OC. The van der Waals surface area contributed by atoms with Crippen LogP contribution >= 0.6 is 22.6 Å². The third-order valence-corrected chi connectivity index (χ3v) is 4.22. The zero-order valence-electron chi connectivity index (χ0n) is 13.9. The van der Waals surface area contributed by atoms with Gasteiger partial charge in [-0.15, -0.1) is 0 Å². The van der Waals surface area contributed by atoms with Gasteiger partial charge in [0.05, 0.1) is 43.3 Å². The zero-order chi connectivity index (χ0) is 17.4. The summed E-state index contributed by atoms with van der Waals surface area (Å²) >= 11 is 2.19. The van der Waals surface area contributed by atoms with Gasteiger partial charge in [0.25, 0.3) is 5.91 Å². The van der Waals surface area contributed by atoms with E-state index in [1.165, 1.54) is 0 Å². The fourth-order valence-electron chi connectivity index (χ4n) is 2.28. The van der Waals surface area contributed by atoms with Gasteiger partial charge in [-0.1, -0.05) is 0 Å². The third kappa shape index (κ3) is 5.60. The summed E-state index contributed by atoms with van der Waals surface area (Å²) in [7, 11) is 1.60. The molecular formula is C16H22IN3O4. The molecule has 2 rings (SSSR count). The highest BCUT2D eigenvalue weighted by atomic mass is 127. The van der Waals surface area contributed by atoms with Crippen molar-refractivity contribution in [3.8, 4) is 11.5 Å². The number of nitrogens with one attached hydrogen (secondary N) is 1. The molecule has 0 radical (unpaired) electrons.